The van der Waals surface area contributed by atoms with E-state index >= 15 is 0 Å². The molecule has 0 radical (unpaired) electrons. The second-order valence-electron chi connectivity index (χ2n) is 2.89. The van der Waals surface area contributed by atoms with Crippen LogP contribution in [0.1, 0.15) is 33.6 Å². The van der Waals surface area contributed by atoms with E-state index in [1.54, 1.807) is 0 Å². The largest absolute Gasteiger partial charge is 0.250 e. The number of hydrogen-bond donors (Lipinski definition) is 0. The van der Waals surface area contributed by atoms with E-state index < -0.39 is 0 Å². The smallest absolute Gasteiger partial charge is 0.0954 e. The first-order valence-corrected chi connectivity index (χ1v) is 3.94. The lowest BCUT2D eigenvalue weighted by atomic mass is 10.1. The van der Waals surface area contributed by atoms with Crippen molar-refractivity contribution in [1.29, 1.82) is 0 Å². The molecular weight excluding hydrogens is 127 g/mol. The summed E-state index contributed by atoms with van der Waals surface area (Å²) in [5.41, 5.74) is 1.31. The van der Waals surface area contributed by atoms with Crippen LogP contribution in [-0.2, 0) is 0 Å². The Hall–Kier alpha value is -0.330. The van der Waals surface area contributed by atoms with Gasteiger partial charge in [0, 0.05) is 5.92 Å². The number of rotatable bonds is 4. The summed E-state index contributed by atoms with van der Waals surface area (Å²) in [5, 5.41) is 0. The monoisotopic (exact) mass is 144 g/mol. The number of alkyl halides is 1. The zero-order chi connectivity index (χ0) is 7.98. The fourth-order valence-corrected chi connectivity index (χ4v) is 1.01. The van der Waals surface area contributed by atoms with Crippen LogP contribution in [0.25, 0.3) is 0 Å². The van der Waals surface area contributed by atoms with Crippen LogP contribution in [0.3, 0.4) is 0 Å². The molecule has 1 unspecified atom stereocenters. The van der Waals surface area contributed by atoms with E-state index in [2.05, 4.69) is 13.8 Å². The Morgan fingerprint density at radius 1 is 1.60 bits per heavy atom. The summed E-state index contributed by atoms with van der Waals surface area (Å²) in [6.07, 6.45) is 4.27. The third-order valence-corrected chi connectivity index (χ3v) is 1.46. The van der Waals surface area contributed by atoms with Gasteiger partial charge in [-0.3, -0.25) is 4.39 Å². The second kappa shape index (κ2) is 5.45. The van der Waals surface area contributed by atoms with E-state index in [9.17, 15) is 4.39 Å². The molecule has 60 valence electrons. The summed E-state index contributed by atoms with van der Waals surface area (Å²) >= 11 is 0. The van der Waals surface area contributed by atoms with Crippen LogP contribution in [0.5, 0.6) is 0 Å². The van der Waals surface area contributed by atoms with Gasteiger partial charge >= 0.3 is 0 Å². The summed E-state index contributed by atoms with van der Waals surface area (Å²) < 4.78 is 11.9. The van der Waals surface area contributed by atoms with E-state index in [1.807, 2.05) is 13.0 Å². The molecule has 1 heteroatoms. The maximum absolute atomic E-state index is 11.9. The molecule has 0 aromatic heterocycles. The molecule has 1 atom stereocenters. The first-order valence-electron chi connectivity index (χ1n) is 3.94. The zero-order valence-electron chi connectivity index (χ0n) is 7.15. The highest BCUT2D eigenvalue weighted by Gasteiger charge is 1.95. The predicted molar refractivity (Wildman–Crippen MR) is 43.8 cm³/mol. The number of allylic oxidation sites excluding steroid dienone is 2. The van der Waals surface area contributed by atoms with Crippen molar-refractivity contribution in [2.24, 2.45) is 5.92 Å². The van der Waals surface area contributed by atoms with Crippen molar-refractivity contribution in [2.75, 3.05) is 6.67 Å². The van der Waals surface area contributed by atoms with E-state index in [-0.39, 0.29) is 12.6 Å². The van der Waals surface area contributed by atoms with Gasteiger partial charge in [-0.2, -0.15) is 0 Å². The van der Waals surface area contributed by atoms with Crippen molar-refractivity contribution in [3.8, 4) is 0 Å². The van der Waals surface area contributed by atoms with Crippen LogP contribution < -0.4 is 0 Å². The standard InChI is InChI=1S/C9H17F/c1-4-5-8(2)6-9(3)7-10/h6,9H,4-5,7H2,1-3H3. The van der Waals surface area contributed by atoms with Gasteiger partial charge in [-0.1, -0.05) is 31.9 Å². The quantitative estimate of drug-likeness (QED) is 0.531. The minimum atomic E-state index is -0.235. The fraction of sp³-hybridized carbons (Fsp3) is 0.778. The minimum absolute atomic E-state index is 0.103. The second-order valence-corrected chi connectivity index (χ2v) is 2.89. The van der Waals surface area contributed by atoms with E-state index in [4.69, 9.17) is 0 Å². The Morgan fingerprint density at radius 3 is 2.60 bits per heavy atom. The molecule has 0 aliphatic rings. The van der Waals surface area contributed by atoms with Crippen LogP contribution in [0, 0.1) is 5.92 Å². The highest BCUT2D eigenvalue weighted by atomic mass is 19.1. The topological polar surface area (TPSA) is 0 Å². The Bertz CT molecular complexity index is 105. The lowest BCUT2D eigenvalue weighted by Gasteiger charge is -2.01. The Balaban J connectivity index is 3.65. The molecule has 0 nitrogen and oxygen atoms in total. The molecule has 0 rings (SSSR count). The molecule has 0 aliphatic heterocycles. The van der Waals surface area contributed by atoms with Crippen LogP contribution in [-0.4, -0.2) is 6.67 Å². The molecule has 0 saturated carbocycles. The van der Waals surface area contributed by atoms with Gasteiger partial charge in [0.05, 0.1) is 6.67 Å². The zero-order valence-corrected chi connectivity index (χ0v) is 7.15. The van der Waals surface area contributed by atoms with Crippen LogP contribution in [0.4, 0.5) is 4.39 Å². The lowest BCUT2D eigenvalue weighted by Crippen LogP contribution is -1.92. The Kier molecular flexibility index (Phi) is 5.27. The van der Waals surface area contributed by atoms with Gasteiger partial charge in [-0.15, -0.1) is 0 Å². The van der Waals surface area contributed by atoms with Crippen LogP contribution >= 0.6 is 0 Å². The first kappa shape index (κ1) is 9.67. The van der Waals surface area contributed by atoms with Gasteiger partial charge in [0.25, 0.3) is 0 Å². The third kappa shape index (κ3) is 4.54. The van der Waals surface area contributed by atoms with Gasteiger partial charge in [0.2, 0.25) is 0 Å². The van der Waals surface area contributed by atoms with Crippen molar-refractivity contribution in [2.45, 2.75) is 33.6 Å². The van der Waals surface area contributed by atoms with E-state index in [1.165, 1.54) is 5.57 Å². The Labute approximate surface area is 63.1 Å². The van der Waals surface area contributed by atoms with Crippen LogP contribution in [0.2, 0.25) is 0 Å². The lowest BCUT2D eigenvalue weighted by molar-refractivity contribution is 0.428. The molecule has 10 heavy (non-hydrogen) atoms. The summed E-state index contributed by atoms with van der Waals surface area (Å²) in [6.45, 7) is 5.87. The highest BCUT2D eigenvalue weighted by molar-refractivity contribution is 4.99. The SMILES string of the molecule is CCCC(C)=CC(C)CF. The van der Waals surface area contributed by atoms with Crippen molar-refractivity contribution in [3.05, 3.63) is 11.6 Å². The summed E-state index contributed by atoms with van der Waals surface area (Å²) in [5.74, 6) is 0.103. The van der Waals surface area contributed by atoms with Crippen molar-refractivity contribution >= 4 is 0 Å². The van der Waals surface area contributed by atoms with Crippen molar-refractivity contribution in [3.63, 3.8) is 0 Å². The molecule has 0 heterocycles. The Morgan fingerprint density at radius 2 is 2.20 bits per heavy atom. The molecular formula is C9H17F. The molecule has 0 bridgehead atoms. The molecule has 0 aromatic rings. The molecule has 0 aromatic carbocycles. The maximum atomic E-state index is 11.9. The third-order valence-electron chi connectivity index (χ3n) is 1.46. The van der Waals surface area contributed by atoms with Gasteiger partial charge in [-0.05, 0) is 13.3 Å². The normalized spacial score (nSPS) is 15.4. The summed E-state index contributed by atoms with van der Waals surface area (Å²) in [6, 6.07) is 0. The molecule has 0 aliphatic carbocycles. The van der Waals surface area contributed by atoms with E-state index in [0.717, 1.165) is 12.8 Å². The molecule has 0 amide bonds. The van der Waals surface area contributed by atoms with Crippen molar-refractivity contribution in [1.82, 2.24) is 0 Å². The number of halogens is 1. The minimum Gasteiger partial charge on any atom is -0.250 e. The fourth-order valence-electron chi connectivity index (χ4n) is 1.01. The maximum Gasteiger partial charge on any atom is 0.0954 e. The van der Waals surface area contributed by atoms with Gasteiger partial charge in [-0.25, -0.2) is 0 Å². The summed E-state index contributed by atoms with van der Waals surface area (Å²) in [7, 11) is 0. The summed E-state index contributed by atoms with van der Waals surface area (Å²) in [4.78, 5) is 0. The molecule has 0 N–H and O–H groups in total. The van der Waals surface area contributed by atoms with Gasteiger partial charge in [0.15, 0.2) is 0 Å². The predicted octanol–water partition coefficient (Wildman–Crippen LogP) is 3.34. The number of hydrogen-bond acceptors (Lipinski definition) is 0. The average molecular weight is 144 g/mol. The van der Waals surface area contributed by atoms with Crippen LogP contribution in [0.15, 0.2) is 11.6 Å². The van der Waals surface area contributed by atoms with Gasteiger partial charge in [0.1, 0.15) is 0 Å². The molecule has 0 saturated heterocycles. The van der Waals surface area contributed by atoms with Crippen molar-refractivity contribution < 1.29 is 4.39 Å². The molecule has 0 fully saturated rings. The average Bonchev–Trinajstić information content (AvgIpc) is 1.88. The highest BCUT2D eigenvalue weighted by Crippen LogP contribution is 2.08. The van der Waals surface area contributed by atoms with E-state index in [0.29, 0.717) is 0 Å². The van der Waals surface area contributed by atoms with Gasteiger partial charge < -0.3 is 0 Å². The molecule has 0 spiro atoms. The first-order chi connectivity index (χ1) is 4.70.